The van der Waals surface area contributed by atoms with E-state index in [2.05, 4.69) is 25.7 Å². The molecule has 0 fully saturated rings. The van der Waals surface area contributed by atoms with Crippen molar-refractivity contribution in [2.24, 2.45) is 5.84 Å². The highest BCUT2D eigenvalue weighted by molar-refractivity contribution is 5.45. The van der Waals surface area contributed by atoms with Crippen molar-refractivity contribution in [2.45, 2.75) is 13.0 Å². The number of nitrogens with zero attached hydrogens (tertiary/aromatic N) is 3. The van der Waals surface area contributed by atoms with Crippen LogP contribution in [-0.2, 0) is 0 Å². The number of nitrogens with two attached hydrogens (primary N) is 1. The minimum atomic E-state index is -0.0244. The van der Waals surface area contributed by atoms with Crippen LogP contribution >= 0.6 is 0 Å². The summed E-state index contributed by atoms with van der Waals surface area (Å²) in [7, 11) is 0. The standard InChI is InChI=1S/C13H16N6O2/c1-2-20-13-17-11(16-12(18-13)19-14)15-9-7-21-10-6-4-3-5-8(9)10/h3-6,9H,2,7,14H2,1H3,(H2,15,16,17,18,19). The van der Waals surface area contributed by atoms with Crippen LogP contribution in [0, 0.1) is 0 Å². The van der Waals surface area contributed by atoms with E-state index >= 15 is 0 Å². The van der Waals surface area contributed by atoms with Gasteiger partial charge in [0, 0.05) is 5.56 Å². The second-order valence-electron chi connectivity index (χ2n) is 4.39. The van der Waals surface area contributed by atoms with Gasteiger partial charge in [-0.2, -0.15) is 15.0 Å². The van der Waals surface area contributed by atoms with E-state index in [1.807, 2.05) is 31.2 Å². The molecule has 8 nitrogen and oxygen atoms in total. The van der Waals surface area contributed by atoms with Crippen molar-refractivity contribution in [2.75, 3.05) is 24.0 Å². The number of aromatic nitrogens is 3. The van der Waals surface area contributed by atoms with Crippen LogP contribution in [0.5, 0.6) is 11.8 Å². The number of anilines is 2. The van der Waals surface area contributed by atoms with Crippen molar-refractivity contribution in [3.8, 4) is 11.8 Å². The van der Waals surface area contributed by atoms with Crippen LogP contribution in [-0.4, -0.2) is 28.2 Å². The molecule has 1 unspecified atom stereocenters. The van der Waals surface area contributed by atoms with E-state index in [1.54, 1.807) is 0 Å². The topological polar surface area (TPSA) is 107 Å². The second-order valence-corrected chi connectivity index (χ2v) is 4.39. The SMILES string of the molecule is CCOc1nc(NN)nc(NC2COc3ccccc32)n1. The van der Waals surface area contributed by atoms with E-state index in [4.69, 9.17) is 15.3 Å². The molecule has 0 aliphatic carbocycles. The lowest BCUT2D eigenvalue weighted by Gasteiger charge is -2.13. The first-order chi connectivity index (χ1) is 10.3. The molecule has 4 N–H and O–H groups in total. The summed E-state index contributed by atoms with van der Waals surface area (Å²) in [5.41, 5.74) is 3.46. The van der Waals surface area contributed by atoms with Crippen LogP contribution < -0.4 is 26.1 Å². The number of para-hydroxylation sites is 1. The summed E-state index contributed by atoms with van der Waals surface area (Å²) in [5.74, 6) is 6.84. The quantitative estimate of drug-likeness (QED) is 0.554. The van der Waals surface area contributed by atoms with Gasteiger partial charge in [-0.05, 0) is 13.0 Å². The normalized spacial score (nSPS) is 16.0. The van der Waals surface area contributed by atoms with Gasteiger partial charge in [-0.3, -0.25) is 5.43 Å². The molecule has 0 saturated carbocycles. The zero-order chi connectivity index (χ0) is 14.7. The van der Waals surface area contributed by atoms with Gasteiger partial charge < -0.3 is 14.8 Å². The second kappa shape index (κ2) is 5.80. The monoisotopic (exact) mass is 288 g/mol. The van der Waals surface area contributed by atoms with Crippen LogP contribution in [0.2, 0.25) is 0 Å². The molecule has 1 aliphatic heterocycles. The molecule has 21 heavy (non-hydrogen) atoms. The number of hydrazine groups is 1. The van der Waals surface area contributed by atoms with Crippen molar-refractivity contribution in [1.29, 1.82) is 0 Å². The highest BCUT2D eigenvalue weighted by Crippen LogP contribution is 2.33. The molecule has 3 rings (SSSR count). The summed E-state index contributed by atoms with van der Waals surface area (Å²) in [6.45, 7) is 2.83. The molecule has 2 heterocycles. The number of fused-ring (bicyclic) bond motifs is 1. The lowest BCUT2D eigenvalue weighted by atomic mass is 10.1. The number of hydrogen-bond acceptors (Lipinski definition) is 8. The Bertz CT molecular complexity index is 636. The predicted octanol–water partition coefficient (Wildman–Crippen LogP) is 1.10. The minimum absolute atomic E-state index is 0.0244. The summed E-state index contributed by atoms with van der Waals surface area (Å²) >= 11 is 0. The molecule has 0 radical (unpaired) electrons. The Morgan fingerprint density at radius 2 is 2.10 bits per heavy atom. The smallest absolute Gasteiger partial charge is 0.323 e. The summed E-state index contributed by atoms with van der Waals surface area (Å²) in [5, 5.41) is 3.21. The molecule has 2 aromatic rings. The van der Waals surface area contributed by atoms with E-state index in [1.165, 1.54) is 0 Å². The number of benzene rings is 1. The van der Waals surface area contributed by atoms with Crippen molar-refractivity contribution >= 4 is 11.9 Å². The molecular formula is C13H16N6O2. The number of hydrogen-bond donors (Lipinski definition) is 3. The Morgan fingerprint density at radius 1 is 1.29 bits per heavy atom. The van der Waals surface area contributed by atoms with Gasteiger partial charge in [0.15, 0.2) is 0 Å². The van der Waals surface area contributed by atoms with Gasteiger partial charge in [-0.25, -0.2) is 5.84 Å². The Balaban J connectivity index is 1.83. The fraction of sp³-hybridized carbons (Fsp3) is 0.308. The Hall–Kier alpha value is -2.61. The van der Waals surface area contributed by atoms with Crippen molar-refractivity contribution in [3.63, 3.8) is 0 Å². The van der Waals surface area contributed by atoms with Crippen LogP contribution in [0.3, 0.4) is 0 Å². The van der Waals surface area contributed by atoms with E-state index < -0.39 is 0 Å². The summed E-state index contributed by atoms with van der Waals surface area (Å²) < 4.78 is 10.9. The van der Waals surface area contributed by atoms with Crippen molar-refractivity contribution in [1.82, 2.24) is 15.0 Å². The third kappa shape index (κ3) is 2.79. The average molecular weight is 288 g/mol. The third-order valence-corrected chi connectivity index (χ3v) is 3.02. The number of rotatable bonds is 5. The summed E-state index contributed by atoms with van der Waals surface area (Å²) in [6.07, 6.45) is 0. The van der Waals surface area contributed by atoms with Gasteiger partial charge in [-0.1, -0.05) is 18.2 Å². The molecule has 1 aromatic carbocycles. The fourth-order valence-corrected chi connectivity index (χ4v) is 2.12. The Labute approximate surface area is 121 Å². The Morgan fingerprint density at radius 3 is 2.90 bits per heavy atom. The first-order valence-electron chi connectivity index (χ1n) is 6.64. The van der Waals surface area contributed by atoms with E-state index in [9.17, 15) is 0 Å². The molecule has 110 valence electrons. The maximum atomic E-state index is 5.61. The van der Waals surface area contributed by atoms with Crippen molar-refractivity contribution in [3.05, 3.63) is 29.8 Å². The van der Waals surface area contributed by atoms with Crippen LogP contribution in [0.25, 0.3) is 0 Å². The maximum Gasteiger partial charge on any atom is 0.323 e. The summed E-state index contributed by atoms with van der Waals surface area (Å²) in [4.78, 5) is 12.4. The van der Waals surface area contributed by atoms with Crippen molar-refractivity contribution < 1.29 is 9.47 Å². The van der Waals surface area contributed by atoms with E-state index in [0.717, 1.165) is 11.3 Å². The molecule has 0 spiro atoms. The zero-order valence-electron chi connectivity index (χ0n) is 11.5. The molecule has 0 amide bonds. The lowest BCUT2D eigenvalue weighted by molar-refractivity contribution is 0.311. The molecule has 0 saturated heterocycles. The van der Waals surface area contributed by atoms with E-state index in [0.29, 0.717) is 19.2 Å². The van der Waals surface area contributed by atoms with Gasteiger partial charge >= 0.3 is 6.01 Å². The molecule has 0 bridgehead atoms. The molecule has 1 aliphatic rings. The fourth-order valence-electron chi connectivity index (χ4n) is 2.12. The van der Waals surface area contributed by atoms with Crippen LogP contribution in [0.4, 0.5) is 11.9 Å². The van der Waals surface area contributed by atoms with Gasteiger partial charge in [0.1, 0.15) is 12.4 Å². The molecule has 1 atom stereocenters. The highest BCUT2D eigenvalue weighted by atomic mass is 16.5. The molecule has 8 heteroatoms. The van der Waals surface area contributed by atoms with Gasteiger partial charge in [0.05, 0.1) is 12.6 Å². The molecular weight excluding hydrogens is 272 g/mol. The van der Waals surface area contributed by atoms with Gasteiger partial charge in [0.2, 0.25) is 11.9 Å². The Kier molecular flexibility index (Phi) is 3.69. The van der Waals surface area contributed by atoms with Gasteiger partial charge in [0.25, 0.3) is 0 Å². The maximum absolute atomic E-state index is 5.61. The zero-order valence-corrected chi connectivity index (χ0v) is 11.5. The third-order valence-electron chi connectivity index (χ3n) is 3.02. The first-order valence-corrected chi connectivity index (χ1v) is 6.64. The van der Waals surface area contributed by atoms with Crippen LogP contribution in [0.15, 0.2) is 24.3 Å². The predicted molar refractivity (Wildman–Crippen MR) is 77.1 cm³/mol. The largest absolute Gasteiger partial charge is 0.491 e. The van der Waals surface area contributed by atoms with Gasteiger partial charge in [-0.15, -0.1) is 0 Å². The number of nitrogen functional groups attached to an aromatic ring is 1. The first kappa shape index (κ1) is 13.4. The summed E-state index contributed by atoms with van der Waals surface area (Å²) in [6, 6.07) is 8.04. The minimum Gasteiger partial charge on any atom is -0.491 e. The molecule has 1 aromatic heterocycles. The highest BCUT2D eigenvalue weighted by Gasteiger charge is 2.24. The van der Waals surface area contributed by atoms with Crippen LogP contribution in [0.1, 0.15) is 18.5 Å². The average Bonchev–Trinajstić information content (AvgIpc) is 2.91. The lowest BCUT2D eigenvalue weighted by Crippen LogP contribution is -2.17. The number of nitrogens with one attached hydrogen (secondary N) is 2. The number of ether oxygens (including phenoxy) is 2. The van der Waals surface area contributed by atoms with E-state index in [-0.39, 0.29) is 18.0 Å².